The second kappa shape index (κ2) is 12.5. The molecule has 1 N–H and O–H groups in total. The molecule has 24 heavy (non-hydrogen) atoms. The van der Waals surface area contributed by atoms with Gasteiger partial charge in [0.1, 0.15) is 5.76 Å². The lowest BCUT2D eigenvalue weighted by Crippen LogP contribution is -2.32. The average molecular weight is 339 g/mol. The van der Waals surface area contributed by atoms with Gasteiger partial charge >= 0.3 is 0 Å². The van der Waals surface area contributed by atoms with Crippen molar-refractivity contribution in [1.82, 2.24) is 0 Å². The maximum absolute atomic E-state index is 12.0. The number of carbonyl (C=O) groups excluding carboxylic acids is 1. The summed E-state index contributed by atoms with van der Waals surface area (Å²) in [7, 11) is 0. The third-order valence-corrected chi connectivity index (χ3v) is 5.04. The Hall–Kier alpha value is -0.830. The Bertz CT molecular complexity index is 375. The maximum Gasteiger partial charge on any atom is 0.202 e. The van der Waals surface area contributed by atoms with Crippen LogP contribution in [-0.2, 0) is 9.53 Å². The first-order valence-corrected chi connectivity index (χ1v) is 10.2. The first-order valence-electron chi connectivity index (χ1n) is 10.2. The summed E-state index contributed by atoms with van der Waals surface area (Å²) in [5.41, 5.74) is -0.678. The van der Waals surface area contributed by atoms with Crippen molar-refractivity contribution in [3.05, 3.63) is 11.8 Å². The average Bonchev–Trinajstić information content (AvgIpc) is 2.83. The Labute approximate surface area is 148 Å². The van der Waals surface area contributed by atoms with Gasteiger partial charge in [-0.3, -0.25) is 4.79 Å². The minimum absolute atomic E-state index is 0.0355. The standard InChI is InChI=1S/C21H38O3/c1-3-4-5-6-7-8-9-10-11-12-13-14-16-21(2)20(23)18-19(24-21)15-17-22/h18,22H,3-17H2,1-2H3/t21-/m0/s1. The highest BCUT2D eigenvalue weighted by Gasteiger charge is 2.38. The molecular formula is C21H38O3. The van der Waals surface area contributed by atoms with Crippen molar-refractivity contribution in [3.8, 4) is 0 Å². The molecule has 0 fully saturated rings. The second-order valence-corrected chi connectivity index (χ2v) is 7.42. The monoisotopic (exact) mass is 338 g/mol. The van der Waals surface area contributed by atoms with Crippen LogP contribution in [-0.4, -0.2) is 23.1 Å². The number of ketones is 1. The molecule has 1 rings (SSSR count). The molecule has 0 radical (unpaired) electrons. The highest BCUT2D eigenvalue weighted by Crippen LogP contribution is 2.31. The van der Waals surface area contributed by atoms with E-state index in [0.717, 1.165) is 12.8 Å². The molecule has 0 aliphatic carbocycles. The van der Waals surface area contributed by atoms with E-state index in [2.05, 4.69) is 6.92 Å². The van der Waals surface area contributed by atoms with Crippen molar-refractivity contribution in [2.75, 3.05) is 6.61 Å². The van der Waals surface area contributed by atoms with Crippen LogP contribution in [0.4, 0.5) is 0 Å². The molecule has 0 saturated heterocycles. The zero-order chi connectivity index (χ0) is 17.7. The fourth-order valence-electron chi connectivity index (χ4n) is 3.38. The van der Waals surface area contributed by atoms with Gasteiger partial charge in [0.25, 0.3) is 0 Å². The first kappa shape index (κ1) is 21.2. The summed E-state index contributed by atoms with van der Waals surface area (Å²) < 4.78 is 5.75. The Kier molecular flexibility index (Phi) is 11.1. The van der Waals surface area contributed by atoms with Crippen molar-refractivity contribution in [1.29, 1.82) is 0 Å². The lowest BCUT2D eigenvalue weighted by atomic mass is 9.94. The van der Waals surface area contributed by atoms with Crippen LogP contribution in [0, 0.1) is 0 Å². The molecule has 3 nitrogen and oxygen atoms in total. The zero-order valence-electron chi connectivity index (χ0n) is 15.9. The molecule has 0 unspecified atom stereocenters. The van der Waals surface area contributed by atoms with Crippen LogP contribution in [0.3, 0.4) is 0 Å². The van der Waals surface area contributed by atoms with Gasteiger partial charge in [0.05, 0.1) is 6.61 Å². The molecule has 0 aromatic heterocycles. The summed E-state index contributed by atoms with van der Waals surface area (Å²) in [6, 6.07) is 0. The van der Waals surface area contributed by atoms with Crippen LogP contribution < -0.4 is 0 Å². The molecule has 3 heteroatoms. The molecule has 0 spiro atoms. The van der Waals surface area contributed by atoms with Crippen LogP contribution in [0.25, 0.3) is 0 Å². The fraction of sp³-hybridized carbons (Fsp3) is 0.857. The van der Waals surface area contributed by atoms with Gasteiger partial charge < -0.3 is 9.84 Å². The van der Waals surface area contributed by atoms with Crippen LogP contribution in [0.15, 0.2) is 11.8 Å². The second-order valence-electron chi connectivity index (χ2n) is 7.42. The molecule has 0 saturated carbocycles. The third kappa shape index (κ3) is 8.32. The summed E-state index contributed by atoms with van der Waals surface area (Å²) in [5.74, 6) is 0.706. The molecule has 0 aromatic rings. The van der Waals surface area contributed by atoms with Gasteiger partial charge in [-0.15, -0.1) is 0 Å². The lowest BCUT2D eigenvalue weighted by Gasteiger charge is -2.23. The molecule has 0 amide bonds. The van der Waals surface area contributed by atoms with Gasteiger partial charge in [-0.2, -0.15) is 0 Å². The normalized spacial score (nSPS) is 20.3. The molecule has 1 aliphatic rings. The minimum atomic E-state index is -0.678. The highest BCUT2D eigenvalue weighted by atomic mass is 16.5. The van der Waals surface area contributed by atoms with E-state index in [0.29, 0.717) is 12.2 Å². The van der Waals surface area contributed by atoms with E-state index in [1.807, 2.05) is 6.92 Å². The minimum Gasteiger partial charge on any atom is -0.484 e. The van der Waals surface area contributed by atoms with E-state index in [4.69, 9.17) is 9.84 Å². The predicted molar refractivity (Wildman–Crippen MR) is 100.0 cm³/mol. The van der Waals surface area contributed by atoms with Gasteiger partial charge in [0.15, 0.2) is 5.60 Å². The van der Waals surface area contributed by atoms with Crippen LogP contribution in [0.1, 0.15) is 104 Å². The van der Waals surface area contributed by atoms with E-state index in [1.54, 1.807) is 6.08 Å². The molecule has 0 aromatic carbocycles. The number of ether oxygens (including phenoxy) is 1. The first-order chi connectivity index (χ1) is 11.6. The Balaban J connectivity index is 1.94. The van der Waals surface area contributed by atoms with Crippen molar-refractivity contribution >= 4 is 5.78 Å². The van der Waals surface area contributed by atoms with Crippen molar-refractivity contribution in [3.63, 3.8) is 0 Å². The maximum atomic E-state index is 12.0. The summed E-state index contributed by atoms with van der Waals surface area (Å²) in [4.78, 5) is 12.0. The summed E-state index contributed by atoms with van der Waals surface area (Å²) in [6.07, 6.45) is 18.6. The molecule has 1 atom stereocenters. The number of hydrogen-bond acceptors (Lipinski definition) is 3. The summed E-state index contributed by atoms with van der Waals surface area (Å²) in [5, 5.41) is 8.94. The van der Waals surface area contributed by atoms with E-state index >= 15 is 0 Å². The number of unbranched alkanes of at least 4 members (excludes halogenated alkanes) is 11. The number of hydrogen-bond donors (Lipinski definition) is 1. The third-order valence-electron chi connectivity index (χ3n) is 5.04. The summed E-state index contributed by atoms with van der Waals surface area (Å²) >= 11 is 0. The topological polar surface area (TPSA) is 46.5 Å². The van der Waals surface area contributed by atoms with E-state index in [9.17, 15) is 4.79 Å². The lowest BCUT2D eigenvalue weighted by molar-refractivity contribution is -0.129. The fourth-order valence-corrected chi connectivity index (χ4v) is 3.38. The van der Waals surface area contributed by atoms with Gasteiger partial charge in [-0.25, -0.2) is 0 Å². The quantitative estimate of drug-likeness (QED) is 0.389. The molecular weight excluding hydrogens is 300 g/mol. The van der Waals surface area contributed by atoms with Gasteiger partial charge in [-0.1, -0.05) is 77.6 Å². The SMILES string of the molecule is CCCCCCCCCCCCCC[C@]1(C)OC(CCO)=CC1=O. The molecule has 1 aliphatic heterocycles. The molecule has 1 heterocycles. The van der Waals surface area contributed by atoms with Gasteiger partial charge in [0, 0.05) is 12.5 Å². The Morgan fingerprint density at radius 3 is 1.92 bits per heavy atom. The smallest absolute Gasteiger partial charge is 0.202 e. The Morgan fingerprint density at radius 2 is 1.42 bits per heavy atom. The van der Waals surface area contributed by atoms with E-state index in [-0.39, 0.29) is 12.4 Å². The highest BCUT2D eigenvalue weighted by molar-refractivity contribution is 5.99. The van der Waals surface area contributed by atoms with Crippen molar-refractivity contribution < 1.29 is 14.6 Å². The van der Waals surface area contributed by atoms with Gasteiger partial charge in [0.2, 0.25) is 5.78 Å². The van der Waals surface area contributed by atoms with Gasteiger partial charge in [-0.05, 0) is 19.8 Å². The van der Waals surface area contributed by atoms with Crippen molar-refractivity contribution in [2.24, 2.45) is 0 Å². The summed E-state index contributed by atoms with van der Waals surface area (Å²) in [6.45, 7) is 4.18. The van der Waals surface area contributed by atoms with Crippen LogP contribution in [0.2, 0.25) is 0 Å². The van der Waals surface area contributed by atoms with Crippen molar-refractivity contribution in [2.45, 2.75) is 109 Å². The Morgan fingerprint density at radius 1 is 0.917 bits per heavy atom. The number of carbonyl (C=O) groups is 1. The molecule has 140 valence electrons. The number of rotatable bonds is 15. The van der Waals surface area contributed by atoms with Crippen LogP contribution in [0.5, 0.6) is 0 Å². The van der Waals surface area contributed by atoms with E-state index < -0.39 is 5.60 Å². The number of aliphatic hydroxyl groups excluding tert-OH is 1. The largest absolute Gasteiger partial charge is 0.484 e. The van der Waals surface area contributed by atoms with E-state index in [1.165, 1.54) is 70.6 Å². The molecule has 0 bridgehead atoms. The van der Waals surface area contributed by atoms with Crippen LogP contribution >= 0.6 is 0 Å². The predicted octanol–water partition coefficient (Wildman–Crippen LogP) is 5.70. The number of aliphatic hydroxyl groups is 1. The zero-order valence-corrected chi connectivity index (χ0v) is 15.9.